The second-order valence-corrected chi connectivity index (χ2v) is 6.56. The summed E-state index contributed by atoms with van der Waals surface area (Å²) in [5, 5.41) is 0. The molecule has 1 atom stereocenters. The molecule has 0 bridgehead atoms. The van der Waals surface area contributed by atoms with Gasteiger partial charge in [0.1, 0.15) is 11.8 Å². The van der Waals surface area contributed by atoms with Crippen LogP contribution in [0.15, 0.2) is 54.7 Å². The smallest absolute Gasteiger partial charge is 0.274 e. The molecule has 2 aromatic rings. The van der Waals surface area contributed by atoms with Crippen molar-refractivity contribution < 1.29 is 13.8 Å². The molecule has 0 spiro atoms. The summed E-state index contributed by atoms with van der Waals surface area (Å²) in [7, 11) is -3.04. The normalized spacial score (nSPS) is 13.8. The van der Waals surface area contributed by atoms with Crippen molar-refractivity contribution in [2.24, 2.45) is 0 Å². The van der Waals surface area contributed by atoms with Crippen LogP contribution in [-0.4, -0.2) is 17.9 Å². The minimum Gasteiger partial charge on any atom is -0.366 e. The predicted octanol–water partition coefficient (Wildman–Crippen LogP) is 3.20. The van der Waals surface area contributed by atoms with E-state index in [0.29, 0.717) is 18.6 Å². The lowest BCUT2D eigenvalue weighted by atomic mass is 10.2. The van der Waals surface area contributed by atoms with E-state index in [1.807, 2.05) is 37.3 Å². The topological polar surface area (TPSA) is 48.4 Å². The van der Waals surface area contributed by atoms with Gasteiger partial charge in [-0.1, -0.05) is 36.4 Å². The van der Waals surface area contributed by atoms with Crippen LogP contribution in [0.4, 0.5) is 0 Å². The third-order valence-corrected chi connectivity index (χ3v) is 4.87. The van der Waals surface area contributed by atoms with Crippen molar-refractivity contribution in [3.05, 3.63) is 60.3 Å². The summed E-state index contributed by atoms with van der Waals surface area (Å²) >= 11 is 0. The van der Waals surface area contributed by atoms with Crippen LogP contribution in [0, 0.1) is 0 Å². The Labute approximate surface area is 119 Å². The molecule has 106 valence electrons. The van der Waals surface area contributed by atoms with E-state index in [2.05, 4.69) is 4.98 Å². The molecule has 1 unspecified atom stereocenters. The van der Waals surface area contributed by atoms with Gasteiger partial charge in [-0.25, -0.2) is 0 Å². The number of rotatable bonds is 7. The average molecular weight is 291 g/mol. The number of aromatic nitrogens is 1. The second-order valence-electron chi connectivity index (χ2n) is 4.24. The molecular formula is C15H18NO3P. The van der Waals surface area contributed by atoms with E-state index in [4.69, 9.17) is 9.26 Å². The van der Waals surface area contributed by atoms with Crippen LogP contribution < -0.4 is 5.44 Å². The third kappa shape index (κ3) is 4.01. The van der Waals surface area contributed by atoms with Crippen molar-refractivity contribution in [3.8, 4) is 0 Å². The zero-order valence-corrected chi connectivity index (χ0v) is 12.3. The van der Waals surface area contributed by atoms with Crippen LogP contribution >= 0.6 is 7.37 Å². The van der Waals surface area contributed by atoms with Gasteiger partial charge in [-0.3, -0.25) is 9.55 Å². The van der Waals surface area contributed by atoms with Gasteiger partial charge in [-0.05, 0) is 24.6 Å². The Morgan fingerprint density at radius 3 is 2.50 bits per heavy atom. The predicted molar refractivity (Wildman–Crippen MR) is 79.2 cm³/mol. The van der Waals surface area contributed by atoms with Gasteiger partial charge in [0.25, 0.3) is 7.37 Å². The zero-order chi connectivity index (χ0) is 14.3. The molecule has 0 amide bonds. The molecule has 0 saturated heterocycles. The van der Waals surface area contributed by atoms with E-state index in [9.17, 15) is 4.57 Å². The quantitative estimate of drug-likeness (QED) is 0.735. The fourth-order valence-electron chi connectivity index (χ4n) is 1.79. The maximum atomic E-state index is 12.8. The van der Waals surface area contributed by atoms with Gasteiger partial charge in [0, 0.05) is 6.20 Å². The maximum Gasteiger partial charge on any atom is 0.274 e. The number of hydrogen-bond donors (Lipinski definition) is 0. The summed E-state index contributed by atoms with van der Waals surface area (Å²) < 4.78 is 23.8. The van der Waals surface area contributed by atoms with E-state index in [-0.39, 0.29) is 6.35 Å². The molecule has 0 aliphatic carbocycles. The van der Waals surface area contributed by atoms with Gasteiger partial charge in [0.15, 0.2) is 0 Å². The lowest BCUT2D eigenvalue weighted by molar-refractivity contribution is 0.151. The first-order valence-corrected chi connectivity index (χ1v) is 8.32. The number of benzene rings is 1. The highest BCUT2D eigenvalue weighted by atomic mass is 31.2. The third-order valence-electron chi connectivity index (χ3n) is 2.71. The van der Waals surface area contributed by atoms with Crippen LogP contribution in [0.2, 0.25) is 0 Å². The zero-order valence-electron chi connectivity index (χ0n) is 11.4. The molecule has 0 radical (unpaired) electrons. The summed E-state index contributed by atoms with van der Waals surface area (Å²) in [5.41, 5.74) is 1.49. The molecule has 1 aromatic carbocycles. The van der Waals surface area contributed by atoms with E-state index in [1.165, 1.54) is 0 Å². The minimum atomic E-state index is -3.04. The summed E-state index contributed by atoms with van der Waals surface area (Å²) in [4.78, 5) is 4.13. The Kier molecular flexibility index (Phi) is 5.48. The molecule has 5 heteroatoms. The Morgan fingerprint density at radius 2 is 1.85 bits per heavy atom. The fraction of sp³-hybridized carbons (Fsp3) is 0.267. The van der Waals surface area contributed by atoms with Crippen molar-refractivity contribution in [2.75, 3.05) is 13.0 Å². The lowest BCUT2D eigenvalue weighted by Gasteiger charge is -2.17. The monoisotopic (exact) mass is 291 g/mol. The molecule has 2 rings (SSSR count). The Balaban J connectivity index is 2.01. The molecule has 1 heterocycles. The first-order chi connectivity index (χ1) is 9.74. The van der Waals surface area contributed by atoms with Crippen LogP contribution in [0.3, 0.4) is 0 Å². The Hall–Kier alpha value is -1.48. The molecule has 4 nitrogen and oxygen atoms in total. The van der Waals surface area contributed by atoms with Gasteiger partial charge in [0.05, 0.1) is 13.2 Å². The van der Waals surface area contributed by atoms with Gasteiger partial charge < -0.3 is 9.26 Å². The highest BCUT2D eigenvalue weighted by molar-refractivity contribution is 7.66. The molecule has 0 fully saturated rings. The first kappa shape index (κ1) is 14.9. The molecule has 0 N–H and O–H groups in total. The Bertz CT molecular complexity index is 560. The van der Waals surface area contributed by atoms with Gasteiger partial charge >= 0.3 is 0 Å². The van der Waals surface area contributed by atoms with E-state index < -0.39 is 7.37 Å². The largest absolute Gasteiger partial charge is 0.366 e. The average Bonchev–Trinajstić information content (AvgIpc) is 2.49. The summed E-state index contributed by atoms with van der Waals surface area (Å²) in [6.07, 6.45) is 1.64. The minimum absolute atomic E-state index is 0.0345. The van der Waals surface area contributed by atoms with Gasteiger partial charge in [-0.15, -0.1) is 0 Å². The van der Waals surface area contributed by atoms with Crippen molar-refractivity contribution in [3.63, 3.8) is 0 Å². The summed E-state index contributed by atoms with van der Waals surface area (Å²) in [5.74, 6) is 0. The lowest BCUT2D eigenvalue weighted by Crippen LogP contribution is -2.15. The van der Waals surface area contributed by atoms with Crippen molar-refractivity contribution >= 4 is 12.8 Å². The Morgan fingerprint density at radius 1 is 1.10 bits per heavy atom. The van der Waals surface area contributed by atoms with Gasteiger partial charge in [0.2, 0.25) is 0 Å². The molecular weight excluding hydrogens is 273 g/mol. The number of pyridine rings is 1. The number of ether oxygens (including phenoxy) is 1. The molecule has 20 heavy (non-hydrogen) atoms. The van der Waals surface area contributed by atoms with Crippen molar-refractivity contribution in [1.29, 1.82) is 0 Å². The highest BCUT2D eigenvalue weighted by Gasteiger charge is 2.27. The summed E-state index contributed by atoms with van der Waals surface area (Å²) in [6.45, 7) is 2.58. The standard InChI is InChI=1S/C15H18NO3P/c1-2-19-20(17,15-10-6-7-11-16-15)13-18-12-14-8-4-3-5-9-14/h3-11H,2,12-13H2,1H3. The molecule has 0 saturated carbocycles. The van der Waals surface area contributed by atoms with Crippen LogP contribution in [0.5, 0.6) is 0 Å². The van der Waals surface area contributed by atoms with Crippen molar-refractivity contribution in [2.45, 2.75) is 13.5 Å². The van der Waals surface area contributed by atoms with Gasteiger partial charge in [-0.2, -0.15) is 0 Å². The maximum absolute atomic E-state index is 12.8. The second kappa shape index (κ2) is 7.34. The molecule has 0 aliphatic heterocycles. The van der Waals surface area contributed by atoms with Crippen LogP contribution in [0.1, 0.15) is 12.5 Å². The van der Waals surface area contributed by atoms with Crippen molar-refractivity contribution in [1.82, 2.24) is 4.98 Å². The van der Waals surface area contributed by atoms with E-state index in [0.717, 1.165) is 5.56 Å². The molecule has 1 aromatic heterocycles. The number of nitrogens with zero attached hydrogens (tertiary/aromatic N) is 1. The summed E-state index contributed by atoms with van der Waals surface area (Å²) in [6, 6.07) is 15.1. The fourth-order valence-corrected chi connectivity index (χ4v) is 3.43. The highest BCUT2D eigenvalue weighted by Crippen LogP contribution is 2.44. The van der Waals surface area contributed by atoms with Crippen LogP contribution in [-0.2, 0) is 20.4 Å². The molecule has 0 aliphatic rings. The number of hydrogen-bond acceptors (Lipinski definition) is 4. The van der Waals surface area contributed by atoms with E-state index in [1.54, 1.807) is 24.4 Å². The van der Waals surface area contributed by atoms with Crippen LogP contribution in [0.25, 0.3) is 0 Å². The SMILES string of the molecule is CCOP(=O)(COCc1ccccc1)c1ccccn1. The van der Waals surface area contributed by atoms with E-state index >= 15 is 0 Å². The first-order valence-electron chi connectivity index (χ1n) is 6.51.